The minimum absolute atomic E-state index is 0.614. The van der Waals surface area contributed by atoms with Crippen LogP contribution in [-0.4, -0.2) is 74.2 Å². The van der Waals surface area contributed by atoms with Gasteiger partial charge in [0.05, 0.1) is 0 Å². The number of likely N-dealkylation sites (N-methyl/N-ethyl adjacent to an activating group) is 1. The van der Waals surface area contributed by atoms with E-state index in [1.54, 1.807) is 7.05 Å². The monoisotopic (exact) mass is 273 g/mol. The predicted molar refractivity (Wildman–Crippen MR) is 79.6 cm³/mol. The van der Waals surface area contributed by atoms with Crippen molar-refractivity contribution in [1.82, 2.24) is 15.1 Å². The lowest BCUT2D eigenvalue weighted by Gasteiger charge is -2.28. The molecule has 1 unspecified atom stereocenters. The lowest BCUT2D eigenvalue weighted by Crippen LogP contribution is -2.50. The molecule has 0 heterocycles. The molecule has 0 saturated heterocycles. The molecule has 19 heavy (non-hydrogen) atoms. The molecule has 0 aromatic rings. The van der Waals surface area contributed by atoms with Gasteiger partial charge in [0.15, 0.2) is 0 Å². The molecule has 0 aromatic carbocycles. The zero-order chi connectivity index (χ0) is 14.9. The largest absolute Gasteiger partial charge is 0.480 e. The van der Waals surface area contributed by atoms with Gasteiger partial charge in [0, 0.05) is 0 Å². The molecule has 1 atom stereocenters. The van der Waals surface area contributed by atoms with Gasteiger partial charge < -0.3 is 20.2 Å². The van der Waals surface area contributed by atoms with Crippen molar-refractivity contribution in [3.05, 3.63) is 0 Å². The van der Waals surface area contributed by atoms with Crippen LogP contribution >= 0.6 is 0 Å². The molecule has 5 heteroatoms. The molecule has 0 radical (unpaired) electrons. The Labute approximate surface area is 118 Å². The van der Waals surface area contributed by atoms with Crippen LogP contribution < -0.4 is 5.32 Å². The van der Waals surface area contributed by atoms with Gasteiger partial charge in [-0.1, -0.05) is 6.92 Å². The molecule has 0 aliphatic rings. The summed E-state index contributed by atoms with van der Waals surface area (Å²) >= 11 is 0. The maximum absolute atomic E-state index is 11.3. The summed E-state index contributed by atoms with van der Waals surface area (Å²) in [5.74, 6) is -0.743. The molecule has 0 spiro atoms. The number of carboxylic acids is 1. The first-order chi connectivity index (χ1) is 8.88. The fourth-order valence-electron chi connectivity index (χ4n) is 2.26. The molecule has 0 bridgehead atoms. The second-order valence-corrected chi connectivity index (χ2v) is 5.55. The van der Waals surface area contributed by atoms with Gasteiger partial charge in [-0.25, -0.2) is 0 Å². The Morgan fingerprint density at radius 2 is 1.74 bits per heavy atom. The van der Waals surface area contributed by atoms with E-state index in [4.69, 9.17) is 0 Å². The van der Waals surface area contributed by atoms with Crippen molar-refractivity contribution < 1.29 is 9.90 Å². The molecule has 0 saturated carbocycles. The highest BCUT2D eigenvalue weighted by molar-refractivity contribution is 5.78. The first-order valence-corrected chi connectivity index (χ1v) is 7.13. The van der Waals surface area contributed by atoms with E-state index in [9.17, 15) is 9.90 Å². The number of hydrogen-bond donors (Lipinski definition) is 2. The Kier molecular flexibility index (Phi) is 8.97. The van der Waals surface area contributed by atoms with E-state index in [2.05, 4.69) is 36.3 Å². The average molecular weight is 273 g/mol. The summed E-state index contributed by atoms with van der Waals surface area (Å²) in [6.07, 6.45) is 3.34. The minimum atomic E-state index is -0.759. The van der Waals surface area contributed by atoms with E-state index in [0.29, 0.717) is 12.8 Å². The first-order valence-electron chi connectivity index (χ1n) is 7.13. The summed E-state index contributed by atoms with van der Waals surface area (Å²) in [6, 6.07) is 0. The highest BCUT2D eigenvalue weighted by atomic mass is 16.4. The molecule has 2 N–H and O–H groups in total. The zero-order valence-electron chi connectivity index (χ0n) is 13.2. The Balaban J connectivity index is 3.96. The van der Waals surface area contributed by atoms with E-state index < -0.39 is 11.5 Å². The topological polar surface area (TPSA) is 55.8 Å². The number of nitrogens with zero attached hydrogens (tertiary/aromatic N) is 2. The Bertz CT molecular complexity index is 253. The van der Waals surface area contributed by atoms with Gasteiger partial charge in [0.1, 0.15) is 5.54 Å². The van der Waals surface area contributed by atoms with Gasteiger partial charge in [-0.2, -0.15) is 0 Å². The fourth-order valence-corrected chi connectivity index (χ4v) is 2.26. The van der Waals surface area contributed by atoms with E-state index in [0.717, 1.165) is 32.5 Å². The SMILES string of the molecule is CCC(CCCN(C)CCCN(C)C)(NC)C(=O)O. The fraction of sp³-hybridized carbons (Fsp3) is 0.929. The van der Waals surface area contributed by atoms with Gasteiger partial charge in [-0.15, -0.1) is 0 Å². The summed E-state index contributed by atoms with van der Waals surface area (Å²) in [5, 5.41) is 12.3. The third-order valence-corrected chi connectivity index (χ3v) is 3.78. The summed E-state index contributed by atoms with van der Waals surface area (Å²) in [7, 11) is 7.99. The predicted octanol–water partition coefficient (Wildman–Crippen LogP) is 1.10. The van der Waals surface area contributed by atoms with Crippen molar-refractivity contribution in [2.45, 2.75) is 38.1 Å². The highest BCUT2D eigenvalue weighted by Crippen LogP contribution is 2.17. The molecular formula is C14H31N3O2. The van der Waals surface area contributed by atoms with Crippen molar-refractivity contribution in [3.8, 4) is 0 Å². The molecular weight excluding hydrogens is 242 g/mol. The van der Waals surface area contributed by atoms with E-state index in [1.807, 2.05) is 6.92 Å². The zero-order valence-corrected chi connectivity index (χ0v) is 13.2. The second kappa shape index (κ2) is 9.28. The first kappa shape index (κ1) is 18.4. The lowest BCUT2D eigenvalue weighted by atomic mass is 9.90. The van der Waals surface area contributed by atoms with Crippen molar-refractivity contribution >= 4 is 5.97 Å². The van der Waals surface area contributed by atoms with Crippen LogP contribution in [0.2, 0.25) is 0 Å². The molecule has 114 valence electrons. The van der Waals surface area contributed by atoms with Gasteiger partial charge in [0.25, 0.3) is 0 Å². The number of hydrogen-bond acceptors (Lipinski definition) is 4. The van der Waals surface area contributed by atoms with Crippen LogP contribution in [0.25, 0.3) is 0 Å². The molecule has 0 fully saturated rings. The van der Waals surface area contributed by atoms with Crippen molar-refractivity contribution in [1.29, 1.82) is 0 Å². The minimum Gasteiger partial charge on any atom is -0.480 e. The van der Waals surface area contributed by atoms with Crippen LogP contribution in [0, 0.1) is 0 Å². The third-order valence-electron chi connectivity index (χ3n) is 3.78. The number of nitrogens with one attached hydrogen (secondary N) is 1. The molecule has 5 nitrogen and oxygen atoms in total. The number of aliphatic carboxylic acids is 1. The number of carbonyl (C=O) groups is 1. The molecule has 0 aliphatic carbocycles. The van der Waals surface area contributed by atoms with Crippen molar-refractivity contribution in [3.63, 3.8) is 0 Å². The summed E-state index contributed by atoms with van der Waals surface area (Å²) < 4.78 is 0. The summed E-state index contributed by atoms with van der Waals surface area (Å²) in [6.45, 7) is 5.02. The van der Waals surface area contributed by atoms with Gasteiger partial charge in [-0.05, 0) is 73.5 Å². The number of carboxylic acid groups (broad SMARTS) is 1. The Hall–Kier alpha value is -0.650. The van der Waals surface area contributed by atoms with Crippen molar-refractivity contribution in [2.75, 3.05) is 47.8 Å². The average Bonchev–Trinajstić information content (AvgIpc) is 2.34. The van der Waals surface area contributed by atoms with Crippen LogP contribution in [0.4, 0.5) is 0 Å². The van der Waals surface area contributed by atoms with E-state index >= 15 is 0 Å². The highest BCUT2D eigenvalue weighted by Gasteiger charge is 2.34. The summed E-state index contributed by atoms with van der Waals surface area (Å²) in [4.78, 5) is 15.8. The number of rotatable bonds is 11. The maximum Gasteiger partial charge on any atom is 0.323 e. The second-order valence-electron chi connectivity index (χ2n) is 5.55. The van der Waals surface area contributed by atoms with Gasteiger partial charge >= 0.3 is 5.97 Å². The standard InChI is InChI=1S/C14H31N3O2/c1-6-14(15-2,13(18)19)9-7-11-17(5)12-8-10-16(3)4/h15H,6-12H2,1-5H3,(H,18,19). The summed E-state index contributed by atoms with van der Waals surface area (Å²) in [5.41, 5.74) is -0.759. The molecule has 0 aromatic heterocycles. The van der Waals surface area contributed by atoms with Crippen LogP contribution in [-0.2, 0) is 4.79 Å². The van der Waals surface area contributed by atoms with Crippen LogP contribution in [0.3, 0.4) is 0 Å². The quantitative estimate of drug-likeness (QED) is 0.590. The molecule has 0 aliphatic heterocycles. The smallest absolute Gasteiger partial charge is 0.323 e. The lowest BCUT2D eigenvalue weighted by molar-refractivity contribution is -0.145. The molecule has 0 rings (SSSR count). The van der Waals surface area contributed by atoms with E-state index in [1.165, 1.54) is 0 Å². The van der Waals surface area contributed by atoms with Crippen LogP contribution in [0.5, 0.6) is 0 Å². The Morgan fingerprint density at radius 3 is 2.16 bits per heavy atom. The van der Waals surface area contributed by atoms with Crippen molar-refractivity contribution in [2.24, 2.45) is 0 Å². The normalized spacial score (nSPS) is 14.9. The van der Waals surface area contributed by atoms with Crippen LogP contribution in [0.1, 0.15) is 32.6 Å². The molecule has 0 amide bonds. The van der Waals surface area contributed by atoms with Gasteiger partial charge in [0.2, 0.25) is 0 Å². The third kappa shape index (κ3) is 6.89. The maximum atomic E-state index is 11.3. The van der Waals surface area contributed by atoms with Crippen LogP contribution in [0.15, 0.2) is 0 Å². The Morgan fingerprint density at radius 1 is 1.16 bits per heavy atom. The van der Waals surface area contributed by atoms with Gasteiger partial charge in [-0.3, -0.25) is 4.79 Å². The van der Waals surface area contributed by atoms with E-state index in [-0.39, 0.29) is 0 Å².